The van der Waals surface area contributed by atoms with Gasteiger partial charge in [0.2, 0.25) is 0 Å². The molecule has 2 rings (SSSR count). The van der Waals surface area contributed by atoms with E-state index in [0.29, 0.717) is 13.1 Å². The second-order valence-electron chi connectivity index (χ2n) is 5.18. The molecular formula is C15H20N2O3. The standard InChI is InChI=1S/C15H20N2O3/c1-2-11-3-5-13(6-4-11)16-15(20)17-8-7-12(10-17)9-14(18)19/h3-6,12H,2,7-10H2,1H3,(H,16,20)(H,18,19). The summed E-state index contributed by atoms with van der Waals surface area (Å²) in [6.45, 7) is 3.22. The Labute approximate surface area is 118 Å². The van der Waals surface area contributed by atoms with Gasteiger partial charge in [-0.2, -0.15) is 0 Å². The van der Waals surface area contributed by atoms with Crippen LogP contribution in [-0.4, -0.2) is 35.1 Å². The minimum Gasteiger partial charge on any atom is -0.481 e. The SMILES string of the molecule is CCc1ccc(NC(=O)N2CCC(CC(=O)O)C2)cc1. The van der Waals surface area contributed by atoms with Gasteiger partial charge in [-0.1, -0.05) is 19.1 Å². The summed E-state index contributed by atoms with van der Waals surface area (Å²) >= 11 is 0. The van der Waals surface area contributed by atoms with E-state index in [-0.39, 0.29) is 18.4 Å². The van der Waals surface area contributed by atoms with E-state index in [1.165, 1.54) is 5.56 Å². The smallest absolute Gasteiger partial charge is 0.321 e. The molecule has 0 saturated carbocycles. The van der Waals surface area contributed by atoms with Crippen LogP contribution in [0.3, 0.4) is 0 Å². The van der Waals surface area contributed by atoms with Gasteiger partial charge in [0.25, 0.3) is 0 Å². The normalized spacial score (nSPS) is 18.1. The molecule has 1 fully saturated rings. The number of nitrogens with one attached hydrogen (secondary N) is 1. The molecule has 1 heterocycles. The van der Waals surface area contributed by atoms with E-state index in [9.17, 15) is 9.59 Å². The van der Waals surface area contributed by atoms with Gasteiger partial charge in [0, 0.05) is 25.2 Å². The molecule has 108 valence electrons. The number of urea groups is 1. The lowest BCUT2D eigenvalue weighted by Crippen LogP contribution is -2.33. The summed E-state index contributed by atoms with van der Waals surface area (Å²) in [6, 6.07) is 7.62. The van der Waals surface area contributed by atoms with Crippen LogP contribution in [0.5, 0.6) is 0 Å². The van der Waals surface area contributed by atoms with Crippen molar-refractivity contribution in [2.45, 2.75) is 26.2 Å². The number of aryl methyl sites for hydroxylation is 1. The summed E-state index contributed by atoms with van der Waals surface area (Å²) in [5.41, 5.74) is 2.00. The highest BCUT2D eigenvalue weighted by Gasteiger charge is 2.27. The monoisotopic (exact) mass is 276 g/mol. The van der Waals surface area contributed by atoms with Crippen molar-refractivity contribution < 1.29 is 14.7 Å². The van der Waals surface area contributed by atoms with Crippen molar-refractivity contribution in [1.82, 2.24) is 4.90 Å². The number of benzene rings is 1. The molecule has 1 aliphatic heterocycles. The maximum absolute atomic E-state index is 12.1. The Morgan fingerprint density at radius 1 is 1.35 bits per heavy atom. The number of hydrogen-bond donors (Lipinski definition) is 2. The van der Waals surface area contributed by atoms with E-state index in [4.69, 9.17) is 5.11 Å². The lowest BCUT2D eigenvalue weighted by molar-refractivity contribution is -0.138. The van der Waals surface area contributed by atoms with Gasteiger partial charge in [-0.25, -0.2) is 4.79 Å². The second kappa shape index (κ2) is 6.41. The van der Waals surface area contributed by atoms with Crippen LogP contribution in [0, 0.1) is 5.92 Å². The van der Waals surface area contributed by atoms with E-state index in [1.54, 1.807) is 4.90 Å². The van der Waals surface area contributed by atoms with Crippen LogP contribution in [0.25, 0.3) is 0 Å². The molecule has 20 heavy (non-hydrogen) atoms. The molecule has 1 aliphatic rings. The van der Waals surface area contributed by atoms with Crippen LogP contribution in [-0.2, 0) is 11.2 Å². The van der Waals surface area contributed by atoms with Gasteiger partial charge in [-0.05, 0) is 36.5 Å². The predicted octanol–water partition coefficient (Wildman–Crippen LogP) is 2.58. The van der Waals surface area contributed by atoms with Gasteiger partial charge < -0.3 is 15.3 Å². The number of carbonyl (C=O) groups is 2. The highest BCUT2D eigenvalue weighted by atomic mass is 16.4. The molecule has 1 unspecified atom stereocenters. The van der Waals surface area contributed by atoms with Gasteiger partial charge in [-0.3, -0.25) is 4.79 Å². The Morgan fingerprint density at radius 3 is 2.65 bits per heavy atom. The minimum absolute atomic E-state index is 0.0701. The van der Waals surface area contributed by atoms with Gasteiger partial charge >= 0.3 is 12.0 Å². The summed E-state index contributed by atoms with van der Waals surface area (Å²) in [4.78, 5) is 24.4. The van der Waals surface area contributed by atoms with Crippen LogP contribution in [0.2, 0.25) is 0 Å². The average Bonchev–Trinajstić information content (AvgIpc) is 2.87. The van der Waals surface area contributed by atoms with Crippen LogP contribution in [0.4, 0.5) is 10.5 Å². The zero-order chi connectivity index (χ0) is 14.5. The first-order chi connectivity index (χ1) is 9.58. The number of nitrogens with zero attached hydrogens (tertiary/aromatic N) is 1. The van der Waals surface area contributed by atoms with Gasteiger partial charge in [-0.15, -0.1) is 0 Å². The third-order valence-electron chi connectivity index (χ3n) is 3.65. The maximum atomic E-state index is 12.1. The topological polar surface area (TPSA) is 69.6 Å². The maximum Gasteiger partial charge on any atom is 0.321 e. The Kier molecular flexibility index (Phi) is 4.61. The summed E-state index contributed by atoms with van der Waals surface area (Å²) in [5, 5.41) is 11.6. The summed E-state index contributed by atoms with van der Waals surface area (Å²) in [5.74, 6) is -0.729. The zero-order valence-electron chi connectivity index (χ0n) is 11.6. The van der Waals surface area contributed by atoms with Crippen LogP contribution in [0.1, 0.15) is 25.3 Å². The Balaban J connectivity index is 1.87. The van der Waals surface area contributed by atoms with E-state index in [2.05, 4.69) is 12.2 Å². The summed E-state index contributed by atoms with van der Waals surface area (Å²) in [6.07, 6.45) is 1.86. The van der Waals surface area contributed by atoms with Gasteiger partial charge in [0.1, 0.15) is 0 Å². The molecule has 0 spiro atoms. The van der Waals surface area contributed by atoms with E-state index in [1.807, 2.05) is 24.3 Å². The fourth-order valence-electron chi connectivity index (χ4n) is 2.46. The number of amides is 2. The number of carbonyl (C=O) groups excluding carboxylic acids is 1. The van der Waals surface area contributed by atoms with Crippen LogP contribution >= 0.6 is 0 Å². The van der Waals surface area contributed by atoms with E-state index in [0.717, 1.165) is 18.5 Å². The molecular weight excluding hydrogens is 256 g/mol. The molecule has 0 bridgehead atoms. The van der Waals surface area contributed by atoms with Crippen molar-refractivity contribution >= 4 is 17.7 Å². The number of carboxylic acids is 1. The van der Waals surface area contributed by atoms with Crippen molar-refractivity contribution in [3.63, 3.8) is 0 Å². The van der Waals surface area contributed by atoms with Crippen molar-refractivity contribution in [1.29, 1.82) is 0 Å². The quantitative estimate of drug-likeness (QED) is 0.888. The fourth-order valence-corrected chi connectivity index (χ4v) is 2.46. The highest BCUT2D eigenvalue weighted by molar-refractivity contribution is 5.89. The molecule has 0 aromatic heterocycles. The number of aliphatic carboxylic acids is 1. The number of carboxylic acid groups (broad SMARTS) is 1. The Morgan fingerprint density at radius 2 is 2.05 bits per heavy atom. The first-order valence-electron chi connectivity index (χ1n) is 6.95. The largest absolute Gasteiger partial charge is 0.481 e. The molecule has 0 radical (unpaired) electrons. The molecule has 1 aromatic carbocycles. The molecule has 1 saturated heterocycles. The third-order valence-corrected chi connectivity index (χ3v) is 3.65. The molecule has 5 nitrogen and oxygen atoms in total. The third kappa shape index (κ3) is 3.73. The predicted molar refractivity (Wildman–Crippen MR) is 76.8 cm³/mol. The highest BCUT2D eigenvalue weighted by Crippen LogP contribution is 2.20. The fraction of sp³-hybridized carbons (Fsp3) is 0.467. The number of anilines is 1. The van der Waals surface area contributed by atoms with Crippen molar-refractivity contribution in [2.75, 3.05) is 18.4 Å². The summed E-state index contributed by atoms with van der Waals surface area (Å²) < 4.78 is 0. The van der Waals surface area contributed by atoms with Crippen molar-refractivity contribution in [3.8, 4) is 0 Å². The lowest BCUT2D eigenvalue weighted by atomic mass is 10.1. The molecule has 0 aliphatic carbocycles. The zero-order valence-corrected chi connectivity index (χ0v) is 11.6. The Hall–Kier alpha value is -2.04. The summed E-state index contributed by atoms with van der Waals surface area (Å²) in [7, 11) is 0. The number of likely N-dealkylation sites (tertiary alicyclic amines) is 1. The first-order valence-corrected chi connectivity index (χ1v) is 6.95. The molecule has 1 atom stereocenters. The molecule has 2 amide bonds. The molecule has 5 heteroatoms. The number of hydrogen-bond acceptors (Lipinski definition) is 2. The van der Waals surface area contributed by atoms with Gasteiger partial charge in [0.15, 0.2) is 0 Å². The second-order valence-corrected chi connectivity index (χ2v) is 5.18. The van der Waals surface area contributed by atoms with Gasteiger partial charge in [0.05, 0.1) is 0 Å². The van der Waals surface area contributed by atoms with E-state index >= 15 is 0 Å². The molecule has 1 aromatic rings. The average molecular weight is 276 g/mol. The lowest BCUT2D eigenvalue weighted by Gasteiger charge is -2.17. The van der Waals surface area contributed by atoms with Crippen LogP contribution < -0.4 is 5.32 Å². The number of rotatable bonds is 4. The Bertz CT molecular complexity index is 484. The first kappa shape index (κ1) is 14.4. The molecule has 2 N–H and O–H groups in total. The van der Waals surface area contributed by atoms with Crippen LogP contribution in [0.15, 0.2) is 24.3 Å². The minimum atomic E-state index is -0.799. The van der Waals surface area contributed by atoms with E-state index < -0.39 is 5.97 Å². The van der Waals surface area contributed by atoms with Crippen molar-refractivity contribution in [2.24, 2.45) is 5.92 Å². The van der Waals surface area contributed by atoms with Crippen molar-refractivity contribution in [3.05, 3.63) is 29.8 Å².